The molecule has 0 atom stereocenters. The maximum atomic E-state index is 12.4. The van der Waals surface area contributed by atoms with Crippen molar-refractivity contribution in [3.8, 4) is 0 Å². The normalized spacial score (nSPS) is 21.3. The lowest BCUT2D eigenvalue weighted by Crippen LogP contribution is -2.48. The Kier molecular flexibility index (Phi) is 6.80. The summed E-state index contributed by atoms with van der Waals surface area (Å²) in [6.07, 6.45) is 4.15. The molecule has 32 heavy (non-hydrogen) atoms. The molecule has 0 aliphatic carbocycles. The van der Waals surface area contributed by atoms with Gasteiger partial charge in [-0.15, -0.1) is 0 Å². The number of amides is 2. The number of nitrogens with zero attached hydrogens (tertiary/aromatic N) is 3. The van der Waals surface area contributed by atoms with Crippen LogP contribution in [-0.4, -0.2) is 67.7 Å². The van der Waals surface area contributed by atoms with E-state index in [9.17, 15) is 9.59 Å². The summed E-state index contributed by atoms with van der Waals surface area (Å²) in [7, 11) is 0. The Balaban J connectivity index is 1.38. The number of piperidine rings is 2. The maximum Gasteiger partial charge on any atom is 0.409 e. The zero-order valence-corrected chi connectivity index (χ0v) is 20.2. The van der Waals surface area contributed by atoms with E-state index in [0.717, 1.165) is 70.6 Å². The monoisotopic (exact) mass is 441 g/mol. The molecular formula is C26H39N3O3. The summed E-state index contributed by atoms with van der Waals surface area (Å²) in [6.45, 7) is 14.2. The van der Waals surface area contributed by atoms with Gasteiger partial charge in [-0.25, -0.2) is 4.79 Å². The van der Waals surface area contributed by atoms with Crippen LogP contribution in [0.5, 0.6) is 0 Å². The maximum absolute atomic E-state index is 12.4. The van der Waals surface area contributed by atoms with E-state index >= 15 is 0 Å². The molecule has 2 saturated heterocycles. The molecule has 0 N–H and O–H groups in total. The van der Waals surface area contributed by atoms with E-state index in [1.807, 2.05) is 16.7 Å². The van der Waals surface area contributed by atoms with E-state index in [1.165, 1.54) is 11.1 Å². The van der Waals surface area contributed by atoms with Gasteiger partial charge in [0, 0.05) is 44.2 Å². The van der Waals surface area contributed by atoms with Gasteiger partial charge in [-0.3, -0.25) is 4.79 Å². The zero-order chi connectivity index (χ0) is 22.9. The molecule has 1 aromatic carbocycles. The molecule has 0 aromatic heterocycles. The molecule has 0 saturated carbocycles. The van der Waals surface area contributed by atoms with Gasteiger partial charge in [0.2, 0.25) is 5.91 Å². The number of hydrogen-bond donors (Lipinski definition) is 0. The number of carbonyl (C=O) groups excluding carboxylic acids is 2. The van der Waals surface area contributed by atoms with Gasteiger partial charge >= 0.3 is 6.09 Å². The average Bonchev–Trinajstić information content (AvgIpc) is 3.10. The molecule has 3 heterocycles. The topological polar surface area (TPSA) is 53.1 Å². The van der Waals surface area contributed by atoms with Crippen LogP contribution >= 0.6 is 0 Å². The molecule has 6 nitrogen and oxygen atoms in total. The van der Waals surface area contributed by atoms with Crippen molar-refractivity contribution in [3.63, 3.8) is 0 Å². The second kappa shape index (κ2) is 9.42. The first-order valence-corrected chi connectivity index (χ1v) is 12.4. The smallest absolute Gasteiger partial charge is 0.409 e. The molecule has 0 unspecified atom stereocenters. The van der Waals surface area contributed by atoms with E-state index in [1.54, 1.807) is 6.92 Å². The van der Waals surface area contributed by atoms with Gasteiger partial charge in [0.25, 0.3) is 0 Å². The van der Waals surface area contributed by atoms with Crippen LogP contribution in [0.15, 0.2) is 18.2 Å². The van der Waals surface area contributed by atoms with Crippen LogP contribution in [0.25, 0.3) is 0 Å². The molecule has 0 bridgehead atoms. The fourth-order valence-electron chi connectivity index (χ4n) is 5.80. The van der Waals surface area contributed by atoms with E-state index in [0.29, 0.717) is 18.4 Å². The van der Waals surface area contributed by atoms with Crippen LogP contribution in [0.4, 0.5) is 10.5 Å². The Bertz CT molecular complexity index is 837. The van der Waals surface area contributed by atoms with Crippen LogP contribution in [0.3, 0.4) is 0 Å². The summed E-state index contributed by atoms with van der Waals surface area (Å²) >= 11 is 0. The summed E-state index contributed by atoms with van der Waals surface area (Å²) in [4.78, 5) is 30.8. The van der Waals surface area contributed by atoms with Gasteiger partial charge in [0.15, 0.2) is 0 Å². The van der Waals surface area contributed by atoms with Crippen molar-refractivity contribution in [2.75, 3.05) is 50.8 Å². The second-order valence-corrected chi connectivity index (χ2v) is 10.2. The molecular weight excluding hydrogens is 402 g/mol. The molecule has 176 valence electrons. The number of ether oxygens (including phenoxy) is 1. The van der Waals surface area contributed by atoms with Crippen LogP contribution in [0.2, 0.25) is 0 Å². The highest BCUT2D eigenvalue weighted by atomic mass is 16.6. The third-order valence-corrected chi connectivity index (χ3v) is 7.86. The fraction of sp³-hybridized carbons (Fsp3) is 0.692. The van der Waals surface area contributed by atoms with Crippen molar-refractivity contribution in [1.29, 1.82) is 0 Å². The Morgan fingerprint density at radius 1 is 1.12 bits per heavy atom. The van der Waals surface area contributed by atoms with E-state index < -0.39 is 0 Å². The number of likely N-dealkylation sites (tertiary alicyclic amines) is 2. The highest BCUT2D eigenvalue weighted by molar-refractivity contribution is 5.94. The minimum atomic E-state index is -0.165. The minimum absolute atomic E-state index is 0.0929. The van der Waals surface area contributed by atoms with Gasteiger partial charge in [-0.05, 0) is 74.7 Å². The highest BCUT2D eigenvalue weighted by Gasteiger charge is 2.46. The predicted octanol–water partition coefficient (Wildman–Crippen LogP) is 4.38. The van der Waals surface area contributed by atoms with Crippen molar-refractivity contribution >= 4 is 17.7 Å². The van der Waals surface area contributed by atoms with Gasteiger partial charge < -0.3 is 19.4 Å². The van der Waals surface area contributed by atoms with E-state index in [4.69, 9.17) is 4.74 Å². The van der Waals surface area contributed by atoms with Gasteiger partial charge in [-0.1, -0.05) is 26.0 Å². The summed E-state index contributed by atoms with van der Waals surface area (Å²) in [5.74, 6) is 1.28. The lowest BCUT2D eigenvalue weighted by molar-refractivity contribution is -0.116. The SMILES string of the molecule is CCOC(=O)N1CCC(CN2CCC3(CC2)CN(C(C)=O)c2ccc(C(C)C)cc23)CC1. The van der Waals surface area contributed by atoms with Crippen molar-refractivity contribution in [1.82, 2.24) is 9.80 Å². The number of anilines is 1. The van der Waals surface area contributed by atoms with Crippen LogP contribution < -0.4 is 4.90 Å². The number of carbonyl (C=O) groups is 2. The molecule has 3 aliphatic heterocycles. The minimum Gasteiger partial charge on any atom is -0.450 e. The Hall–Kier alpha value is -2.08. The summed E-state index contributed by atoms with van der Waals surface area (Å²) in [5.41, 5.74) is 3.97. The first-order chi connectivity index (χ1) is 15.3. The quantitative estimate of drug-likeness (QED) is 0.696. The lowest BCUT2D eigenvalue weighted by Gasteiger charge is -2.42. The third-order valence-electron chi connectivity index (χ3n) is 7.86. The van der Waals surface area contributed by atoms with Gasteiger partial charge in [0.05, 0.1) is 6.61 Å². The van der Waals surface area contributed by atoms with Crippen LogP contribution in [-0.2, 0) is 14.9 Å². The lowest BCUT2D eigenvalue weighted by atomic mass is 9.73. The Labute approximate surface area is 192 Å². The molecule has 4 rings (SSSR count). The highest BCUT2D eigenvalue weighted by Crippen LogP contribution is 2.48. The Morgan fingerprint density at radius 2 is 1.81 bits per heavy atom. The first-order valence-electron chi connectivity index (χ1n) is 12.4. The van der Waals surface area contributed by atoms with Crippen LogP contribution in [0.1, 0.15) is 70.4 Å². The molecule has 3 aliphatic rings. The van der Waals surface area contributed by atoms with Crippen LogP contribution in [0, 0.1) is 5.92 Å². The van der Waals surface area contributed by atoms with Crippen molar-refractivity contribution < 1.29 is 14.3 Å². The van der Waals surface area contributed by atoms with Crippen molar-refractivity contribution in [3.05, 3.63) is 29.3 Å². The first kappa shape index (κ1) is 23.1. The Morgan fingerprint density at radius 3 is 2.41 bits per heavy atom. The number of benzene rings is 1. The average molecular weight is 442 g/mol. The van der Waals surface area contributed by atoms with Gasteiger partial charge in [-0.2, -0.15) is 0 Å². The summed E-state index contributed by atoms with van der Waals surface area (Å²) < 4.78 is 5.15. The fourth-order valence-corrected chi connectivity index (χ4v) is 5.80. The number of fused-ring (bicyclic) bond motifs is 2. The van der Waals surface area contributed by atoms with E-state index in [-0.39, 0.29) is 17.4 Å². The molecule has 2 fully saturated rings. The molecule has 1 aromatic rings. The van der Waals surface area contributed by atoms with Gasteiger partial charge in [0.1, 0.15) is 0 Å². The standard InChI is InChI=1S/C26H39N3O3/c1-5-32-25(31)28-12-8-21(9-13-28)17-27-14-10-26(11-15-27)18-29(20(4)30)24-7-6-22(19(2)3)16-23(24)26/h6-7,16,19,21H,5,8-15,17-18H2,1-4H3. The zero-order valence-electron chi connectivity index (χ0n) is 20.2. The largest absolute Gasteiger partial charge is 0.450 e. The van der Waals surface area contributed by atoms with Crippen molar-refractivity contribution in [2.45, 2.75) is 64.7 Å². The number of rotatable bonds is 4. The second-order valence-electron chi connectivity index (χ2n) is 10.2. The predicted molar refractivity (Wildman–Crippen MR) is 127 cm³/mol. The third kappa shape index (κ3) is 4.52. The molecule has 1 spiro atoms. The number of hydrogen-bond acceptors (Lipinski definition) is 4. The molecule has 0 radical (unpaired) electrons. The van der Waals surface area contributed by atoms with E-state index in [2.05, 4.69) is 36.9 Å². The van der Waals surface area contributed by atoms with Crippen molar-refractivity contribution in [2.24, 2.45) is 5.92 Å². The molecule has 6 heteroatoms. The molecule has 2 amide bonds. The summed E-state index contributed by atoms with van der Waals surface area (Å²) in [5, 5.41) is 0. The summed E-state index contributed by atoms with van der Waals surface area (Å²) in [6, 6.07) is 6.74.